The van der Waals surface area contributed by atoms with E-state index in [0.717, 1.165) is 31.5 Å². The molecule has 116 valence electrons. The minimum atomic E-state index is -0.548. The van der Waals surface area contributed by atoms with Gasteiger partial charge >= 0.3 is 0 Å². The molecule has 0 saturated carbocycles. The zero-order valence-electron chi connectivity index (χ0n) is 12.5. The summed E-state index contributed by atoms with van der Waals surface area (Å²) in [5.41, 5.74) is 6.52. The van der Waals surface area contributed by atoms with E-state index in [4.69, 9.17) is 22.1 Å². The molecule has 1 aliphatic heterocycles. The van der Waals surface area contributed by atoms with Gasteiger partial charge in [-0.05, 0) is 25.8 Å². The van der Waals surface area contributed by atoms with Crippen LogP contribution in [-0.2, 0) is 11.3 Å². The predicted molar refractivity (Wildman–Crippen MR) is 84.5 cm³/mol. The Bertz CT molecular complexity index is 485. The molecular formula is C16H23ClN2O2. The number of nitrogens with two attached hydrogens (primary N) is 1. The second-order valence-electron chi connectivity index (χ2n) is 5.43. The summed E-state index contributed by atoms with van der Waals surface area (Å²) in [6, 6.07) is 5.45. The van der Waals surface area contributed by atoms with E-state index in [-0.39, 0.29) is 5.91 Å². The summed E-state index contributed by atoms with van der Waals surface area (Å²) in [5, 5.41) is 0.494. The van der Waals surface area contributed by atoms with Gasteiger partial charge in [0.25, 0.3) is 5.91 Å². The molecule has 1 saturated heterocycles. The van der Waals surface area contributed by atoms with Crippen LogP contribution >= 0.6 is 11.6 Å². The van der Waals surface area contributed by atoms with Crippen LogP contribution in [0.25, 0.3) is 0 Å². The highest BCUT2D eigenvalue weighted by molar-refractivity contribution is 6.32. The summed E-state index contributed by atoms with van der Waals surface area (Å²) in [6.45, 7) is 3.75. The molecular weight excluding hydrogens is 288 g/mol. The zero-order chi connectivity index (χ0) is 15.2. The topological polar surface area (TPSA) is 55.6 Å². The summed E-state index contributed by atoms with van der Waals surface area (Å²) in [4.78, 5) is 14.4. The lowest BCUT2D eigenvalue weighted by molar-refractivity contribution is -0.137. The fourth-order valence-electron chi connectivity index (χ4n) is 2.62. The maximum atomic E-state index is 12.5. The average Bonchev–Trinajstić information content (AvgIpc) is 2.77. The monoisotopic (exact) mass is 310 g/mol. The first-order chi connectivity index (χ1) is 10.1. The van der Waals surface area contributed by atoms with Crippen molar-refractivity contribution in [1.82, 2.24) is 4.90 Å². The molecule has 0 aliphatic carbocycles. The lowest BCUT2D eigenvalue weighted by Gasteiger charge is -2.25. The third kappa shape index (κ3) is 4.11. The van der Waals surface area contributed by atoms with Crippen LogP contribution in [0, 0.1) is 0 Å². The summed E-state index contributed by atoms with van der Waals surface area (Å²) >= 11 is 6.16. The Morgan fingerprint density at radius 2 is 2.00 bits per heavy atom. The number of para-hydroxylation sites is 1. The first kappa shape index (κ1) is 16.1. The van der Waals surface area contributed by atoms with Crippen LogP contribution in [0.5, 0.6) is 5.75 Å². The molecule has 5 heteroatoms. The normalized spacial score (nSPS) is 17.2. The summed E-state index contributed by atoms with van der Waals surface area (Å²) in [5.74, 6) is 0.553. The molecule has 1 atom stereocenters. The number of hydrogen-bond donors (Lipinski definition) is 1. The van der Waals surface area contributed by atoms with E-state index in [0.29, 0.717) is 17.3 Å². The lowest BCUT2D eigenvalue weighted by Crippen LogP contribution is -2.41. The summed E-state index contributed by atoms with van der Waals surface area (Å²) in [6.07, 6.45) is 3.98. The van der Waals surface area contributed by atoms with Crippen LogP contribution in [0.1, 0.15) is 38.2 Å². The molecule has 0 aromatic heterocycles. The van der Waals surface area contributed by atoms with Gasteiger partial charge in [0.15, 0.2) is 6.10 Å². The Kier molecular flexibility index (Phi) is 5.88. The second kappa shape index (κ2) is 7.66. The van der Waals surface area contributed by atoms with Gasteiger partial charge in [0.05, 0.1) is 5.02 Å². The highest BCUT2D eigenvalue weighted by Crippen LogP contribution is 2.29. The van der Waals surface area contributed by atoms with Gasteiger partial charge in [0.2, 0.25) is 0 Å². The highest BCUT2D eigenvalue weighted by atomic mass is 35.5. The number of carbonyl (C=O) groups excluding carboxylic acids is 1. The van der Waals surface area contributed by atoms with Crippen LogP contribution in [-0.4, -0.2) is 30.0 Å². The van der Waals surface area contributed by atoms with E-state index < -0.39 is 6.10 Å². The largest absolute Gasteiger partial charge is 0.479 e. The van der Waals surface area contributed by atoms with Crippen molar-refractivity contribution >= 4 is 17.5 Å². The number of carbonyl (C=O) groups is 1. The third-order valence-electron chi connectivity index (χ3n) is 3.83. The Balaban J connectivity index is 2.06. The van der Waals surface area contributed by atoms with E-state index in [1.165, 1.54) is 12.8 Å². The van der Waals surface area contributed by atoms with Crippen LogP contribution in [0.15, 0.2) is 18.2 Å². The Hall–Kier alpha value is -1.26. The Labute approximate surface area is 131 Å². The van der Waals surface area contributed by atoms with Crippen LogP contribution in [0.4, 0.5) is 0 Å². The summed E-state index contributed by atoms with van der Waals surface area (Å²) < 4.78 is 5.82. The molecule has 1 aromatic carbocycles. The number of nitrogens with zero attached hydrogens (tertiary/aromatic N) is 1. The van der Waals surface area contributed by atoms with E-state index in [2.05, 4.69) is 0 Å². The standard InChI is InChI=1S/C16H23ClN2O2/c1-12(16(20)19-9-4-2-3-5-10-19)21-15-13(11-18)7-6-8-14(15)17/h6-8,12H,2-5,9-11,18H2,1H3. The van der Waals surface area contributed by atoms with Gasteiger partial charge < -0.3 is 15.4 Å². The molecule has 1 fully saturated rings. The van der Waals surface area contributed by atoms with Crippen LogP contribution < -0.4 is 10.5 Å². The van der Waals surface area contributed by atoms with Crippen molar-refractivity contribution in [2.45, 2.75) is 45.3 Å². The van der Waals surface area contributed by atoms with Crippen molar-refractivity contribution in [3.05, 3.63) is 28.8 Å². The van der Waals surface area contributed by atoms with Gasteiger partial charge in [-0.3, -0.25) is 4.79 Å². The fraction of sp³-hybridized carbons (Fsp3) is 0.562. The number of likely N-dealkylation sites (tertiary alicyclic amines) is 1. The number of halogens is 1. The third-order valence-corrected chi connectivity index (χ3v) is 4.13. The number of hydrogen-bond acceptors (Lipinski definition) is 3. The quantitative estimate of drug-likeness (QED) is 0.930. The molecule has 0 spiro atoms. The van der Waals surface area contributed by atoms with E-state index in [1.54, 1.807) is 13.0 Å². The van der Waals surface area contributed by atoms with E-state index in [9.17, 15) is 4.79 Å². The van der Waals surface area contributed by atoms with Gasteiger partial charge in [0, 0.05) is 25.2 Å². The number of rotatable bonds is 4. The van der Waals surface area contributed by atoms with Gasteiger partial charge in [-0.15, -0.1) is 0 Å². The summed E-state index contributed by atoms with van der Waals surface area (Å²) in [7, 11) is 0. The maximum absolute atomic E-state index is 12.5. The Morgan fingerprint density at radius 3 is 2.62 bits per heavy atom. The molecule has 1 aliphatic rings. The first-order valence-corrected chi connectivity index (χ1v) is 7.94. The van der Waals surface area contributed by atoms with E-state index >= 15 is 0 Å². The number of benzene rings is 1. The molecule has 21 heavy (non-hydrogen) atoms. The number of ether oxygens (including phenoxy) is 1. The zero-order valence-corrected chi connectivity index (χ0v) is 13.2. The molecule has 0 radical (unpaired) electrons. The van der Waals surface area contributed by atoms with E-state index in [1.807, 2.05) is 17.0 Å². The molecule has 1 amide bonds. The van der Waals surface area contributed by atoms with Crippen LogP contribution in [0.2, 0.25) is 5.02 Å². The van der Waals surface area contributed by atoms with Gasteiger partial charge in [-0.1, -0.05) is 36.6 Å². The Morgan fingerprint density at radius 1 is 1.33 bits per heavy atom. The molecule has 4 nitrogen and oxygen atoms in total. The average molecular weight is 311 g/mol. The van der Waals surface area contributed by atoms with Crippen molar-refractivity contribution in [3.8, 4) is 5.75 Å². The predicted octanol–water partition coefficient (Wildman–Crippen LogP) is 2.97. The molecule has 0 bridgehead atoms. The van der Waals surface area contributed by atoms with Gasteiger partial charge in [-0.25, -0.2) is 0 Å². The minimum absolute atomic E-state index is 0.0276. The fourth-order valence-corrected chi connectivity index (χ4v) is 2.86. The van der Waals surface area contributed by atoms with Crippen molar-refractivity contribution in [1.29, 1.82) is 0 Å². The molecule has 1 heterocycles. The van der Waals surface area contributed by atoms with Gasteiger partial charge in [0.1, 0.15) is 5.75 Å². The molecule has 1 aromatic rings. The molecule has 2 rings (SSSR count). The van der Waals surface area contributed by atoms with Crippen molar-refractivity contribution in [2.75, 3.05) is 13.1 Å². The molecule has 1 unspecified atom stereocenters. The SMILES string of the molecule is CC(Oc1c(Cl)cccc1CN)C(=O)N1CCCCCC1. The van der Waals surface area contributed by atoms with Crippen molar-refractivity contribution < 1.29 is 9.53 Å². The lowest BCUT2D eigenvalue weighted by atomic mass is 10.2. The minimum Gasteiger partial charge on any atom is -0.479 e. The highest BCUT2D eigenvalue weighted by Gasteiger charge is 2.24. The van der Waals surface area contributed by atoms with Crippen molar-refractivity contribution in [2.24, 2.45) is 5.73 Å². The first-order valence-electron chi connectivity index (χ1n) is 7.56. The van der Waals surface area contributed by atoms with Gasteiger partial charge in [-0.2, -0.15) is 0 Å². The van der Waals surface area contributed by atoms with Crippen LogP contribution in [0.3, 0.4) is 0 Å². The second-order valence-corrected chi connectivity index (χ2v) is 5.84. The smallest absolute Gasteiger partial charge is 0.263 e. The van der Waals surface area contributed by atoms with Crippen molar-refractivity contribution in [3.63, 3.8) is 0 Å². The molecule has 2 N–H and O–H groups in total. The maximum Gasteiger partial charge on any atom is 0.263 e. The number of amides is 1.